The predicted octanol–water partition coefficient (Wildman–Crippen LogP) is 5.30. The fraction of sp³-hybridized carbons (Fsp3) is 0.387. The molecule has 0 bridgehead atoms. The number of aliphatic carboxylic acids is 1. The number of piperidine rings is 1. The summed E-state index contributed by atoms with van der Waals surface area (Å²) < 4.78 is 43.1. The number of hydrogen-bond donors (Lipinski definition) is 1. The van der Waals surface area contributed by atoms with E-state index in [0.29, 0.717) is 50.6 Å². The number of carbonyl (C=O) groups is 1. The molecule has 1 fully saturated rings. The first-order valence-corrected chi connectivity index (χ1v) is 15.4. The molecule has 0 aromatic heterocycles. The van der Waals surface area contributed by atoms with Crippen LogP contribution in [0.25, 0.3) is 11.1 Å². The maximum absolute atomic E-state index is 11.8. The zero-order valence-corrected chi connectivity index (χ0v) is 23.9. The van der Waals surface area contributed by atoms with Gasteiger partial charge in [-0.25, -0.2) is 12.7 Å². The molecule has 1 atom stereocenters. The number of benzene rings is 3. The molecule has 212 valence electrons. The molecular formula is C31H35NO7S. The highest BCUT2D eigenvalue weighted by Gasteiger charge is 2.27. The number of hydrogen-bond acceptors (Lipinski definition) is 6. The third-order valence-electron chi connectivity index (χ3n) is 7.59. The first kappa shape index (κ1) is 28.0. The standard InChI is InChI=1S/C31H35NO7S/c1-20-13-27(39-25-9-11-32(12-10-25)40(3,35)36)14-21(2)31(20)23-6-4-5-22(15-23)18-37-26-7-8-28-24(16-30(33)34)19-38-29(28)17-26/h4-8,13-15,17,24-25H,9-12,16,18-19H2,1-3H3,(H,33,34). The molecule has 1 unspecified atom stereocenters. The van der Waals surface area contributed by atoms with Gasteiger partial charge in [0.2, 0.25) is 10.0 Å². The Morgan fingerprint density at radius 2 is 1.75 bits per heavy atom. The molecule has 2 heterocycles. The van der Waals surface area contributed by atoms with Crippen molar-refractivity contribution in [2.75, 3.05) is 26.0 Å². The second-order valence-electron chi connectivity index (χ2n) is 10.7. The molecule has 1 N–H and O–H groups in total. The lowest BCUT2D eigenvalue weighted by atomic mass is 9.94. The Labute approximate surface area is 235 Å². The van der Waals surface area contributed by atoms with E-state index in [0.717, 1.165) is 39.1 Å². The van der Waals surface area contributed by atoms with Crippen LogP contribution >= 0.6 is 0 Å². The van der Waals surface area contributed by atoms with Gasteiger partial charge in [0.25, 0.3) is 0 Å². The first-order valence-electron chi connectivity index (χ1n) is 13.5. The molecule has 0 amide bonds. The first-order chi connectivity index (χ1) is 19.1. The summed E-state index contributed by atoms with van der Waals surface area (Å²) in [6.45, 7) is 5.88. The van der Waals surface area contributed by atoms with E-state index < -0.39 is 16.0 Å². The molecule has 2 aliphatic heterocycles. The molecular weight excluding hydrogens is 530 g/mol. The molecule has 9 heteroatoms. The number of fused-ring (bicyclic) bond motifs is 1. The molecule has 3 aromatic carbocycles. The van der Waals surface area contributed by atoms with Crippen molar-refractivity contribution in [2.24, 2.45) is 0 Å². The Hall–Kier alpha value is -3.56. The molecule has 2 aliphatic rings. The Balaban J connectivity index is 1.24. The van der Waals surface area contributed by atoms with Crippen molar-refractivity contribution < 1.29 is 32.5 Å². The Morgan fingerprint density at radius 1 is 1.02 bits per heavy atom. The van der Waals surface area contributed by atoms with Gasteiger partial charge in [-0.2, -0.15) is 0 Å². The smallest absolute Gasteiger partial charge is 0.304 e. The number of carboxylic acid groups (broad SMARTS) is 1. The van der Waals surface area contributed by atoms with Crippen LogP contribution in [0.4, 0.5) is 0 Å². The van der Waals surface area contributed by atoms with Crippen molar-refractivity contribution in [2.45, 2.75) is 51.7 Å². The molecule has 1 saturated heterocycles. The van der Waals surface area contributed by atoms with Gasteiger partial charge in [-0.1, -0.05) is 24.3 Å². The van der Waals surface area contributed by atoms with Crippen LogP contribution in [-0.4, -0.2) is 55.9 Å². The molecule has 8 nitrogen and oxygen atoms in total. The summed E-state index contributed by atoms with van der Waals surface area (Å²) in [5.74, 6) is 1.21. The predicted molar refractivity (Wildman–Crippen MR) is 153 cm³/mol. The monoisotopic (exact) mass is 565 g/mol. The second kappa shape index (κ2) is 11.5. The van der Waals surface area contributed by atoms with E-state index in [9.17, 15) is 13.2 Å². The Bertz CT molecular complexity index is 1490. The number of aryl methyl sites for hydroxylation is 2. The summed E-state index contributed by atoms with van der Waals surface area (Å²) in [5, 5.41) is 9.11. The summed E-state index contributed by atoms with van der Waals surface area (Å²) in [6.07, 6.45) is 2.65. The van der Waals surface area contributed by atoms with Gasteiger partial charge in [-0.3, -0.25) is 4.79 Å². The van der Waals surface area contributed by atoms with Gasteiger partial charge in [0.15, 0.2) is 0 Å². The summed E-state index contributed by atoms with van der Waals surface area (Å²) in [6, 6.07) is 18.0. The van der Waals surface area contributed by atoms with E-state index in [1.807, 2.05) is 30.3 Å². The van der Waals surface area contributed by atoms with Crippen LogP contribution in [0.3, 0.4) is 0 Å². The number of ether oxygens (including phenoxy) is 3. The summed E-state index contributed by atoms with van der Waals surface area (Å²) in [4.78, 5) is 11.1. The minimum absolute atomic E-state index is 0.00389. The van der Waals surface area contributed by atoms with Crippen LogP contribution in [-0.2, 0) is 21.4 Å². The average Bonchev–Trinajstić information content (AvgIpc) is 3.28. The Kier molecular flexibility index (Phi) is 8.05. The van der Waals surface area contributed by atoms with Gasteiger partial charge in [0.05, 0.1) is 19.3 Å². The minimum atomic E-state index is -3.16. The fourth-order valence-electron chi connectivity index (χ4n) is 5.63. The van der Waals surface area contributed by atoms with Crippen LogP contribution in [0.15, 0.2) is 54.6 Å². The van der Waals surface area contributed by atoms with E-state index >= 15 is 0 Å². The molecule has 0 spiro atoms. The van der Waals surface area contributed by atoms with E-state index in [-0.39, 0.29) is 18.4 Å². The van der Waals surface area contributed by atoms with Gasteiger partial charge < -0.3 is 19.3 Å². The SMILES string of the molecule is Cc1cc(OC2CCN(S(C)(=O)=O)CC2)cc(C)c1-c1cccc(COc2ccc3c(c2)OCC3CC(=O)O)c1. The third kappa shape index (κ3) is 6.42. The summed E-state index contributed by atoms with van der Waals surface area (Å²) in [5.41, 5.74) is 6.39. The van der Waals surface area contributed by atoms with Gasteiger partial charge >= 0.3 is 5.97 Å². The van der Waals surface area contributed by atoms with E-state index in [1.54, 1.807) is 0 Å². The average molecular weight is 566 g/mol. The maximum atomic E-state index is 11.8. The van der Waals surface area contributed by atoms with Crippen molar-refractivity contribution in [1.82, 2.24) is 4.31 Å². The number of sulfonamides is 1. The highest BCUT2D eigenvalue weighted by Crippen LogP contribution is 2.38. The van der Waals surface area contributed by atoms with Crippen LogP contribution in [0.1, 0.15) is 47.4 Å². The van der Waals surface area contributed by atoms with Crippen molar-refractivity contribution >= 4 is 16.0 Å². The zero-order chi connectivity index (χ0) is 28.4. The molecule has 0 saturated carbocycles. The number of nitrogens with zero attached hydrogens (tertiary/aromatic N) is 1. The fourth-order valence-corrected chi connectivity index (χ4v) is 6.51. The highest BCUT2D eigenvalue weighted by molar-refractivity contribution is 7.88. The lowest BCUT2D eigenvalue weighted by Gasteiger charge is -2.30. The van der Waals surface area contributed by atoms with Crippen molar-refractivity contribution in [3.63, 3.8) is 0 Å². The van der Waals surface area contributed by atoms with Gasteiger partial charge in [-0.05, 0) is 78.8 Å². The van der Waals surface area contributed by atoms with Crippen molar-refractivity contribution in [1.29, 1.82) is 0 Å². The van der Waals surface area contributed by atoms with Crippen LogP contribution in [0, 0.1) is 13.8 Å². The lowest BCUT2D eigenvalue weighted by molar-refractivity contribution is -0.137. The lowest BCUT2D eigenvalue weighted by Crippen LogP contribution is -2.41. The number of rotatable bonds is 9. The number of carboxylic acids is 1. The largest absolute Gasteiger partial charge is 0.492 e. The maximum Gasteiger partial charge on any atom is 0.304 e. The van der Waals surface area contributed by atoms with E-state index in [4.69, 9.17) is 19.3 Å². The van der Waals surface area contributed by atoms with E-state index in [2.05, 4.69) is 38.1 Å². The van der Waals surface area contributed by atoms with E-state index in [1.165, 1.54) is 10.6 Å². The normalized spacial score (nSPS) is 17.7. The van der Waals surface area contributed by atoms with Crippen molar-refractivity contribution in [3.8, 4) is 28.4 Å². The third-order valence-corrected chi connectivity index (χ3v) is 8.89. The zero-order valence-electron chi connectivity index (χ0n) is 23.1. The van der Waals surface area contributed by atoms with Gasteiger partial charge in [-0.15, -0.1) is 0 Å². The molecule has 0 aliphatic carbocycles. The van der Waals surface area contributed by atoms with Gasteiger partial charge in [0.1, 0.15) is 30.0 Å². The molecule has 3 aromatic rings. The molecule has 40 heavy (non-hydrogen) atoms. The molecule has 5 rings (SSSR count). The van der Waals surface area contributed by atoms with Crippen LogP contribution < -0.4 is 14.2 Å². The summed E-state index contributed by atoms with van der Waals surface area (Å²) >= 11 is 0. The highest BCUT2D eigenvalue weighted by atomic mass is 32.2. The summed E-state index contributed by atoms with van der Waals surface area (Å²) in [7, 11) is -3.16. The van der Waals surface area contributed by atoms with Crippen LogP contribution in [0.2, 0.25) is 0 Å². The quantitative estimate of drug-likeness (QED) is 0.376. The van der Waals surface area contributed by atoms with Crippen molar-refractivity contribution in [3.05, 3.63) is 76.9 Å². The second-order valence-corrected chi connectivity index (χ2v) is 12.7. The minimum Gasteiger partial charge on any atom is -0.492 e. The Morgan fingerprint density at radius 3 is 2.42 bits per heavy atom. The van der Waals surface area contributed by atoms with Gasteiger partial charge in [0, 0.05) is 30.6 Å². The topological polar surface area (TPSA) is 102 Å². The van der Waals surface area contributed by atoms with Crippen LogP contribution in [0.5, 0.6) is 17.2 Å². The molecule has 0 radical (unpaired) electrons.